The first-order chi connectivity index (χ1) is 9.65. The highest BCUT2D eigenvalue weighted by Crippen LogP contribution is 2.49. The second kappa shape index (κ2) is 5.42. The molecule has 5 nitrogen and oxygen atoms in total. The summed E-state index contributed by atoms with van der Waals surface area (Å²) in [5.41, 5.74) is 0.508. The summed E-state index contributed by atoms with van der Waals surface area (Å²) < 4.78 is 11.5. The quantitative estimate of drug-likeness (QED) is 0.666. The topological polar surface area (TPSA) is 60.5 Å². The Morgan fingerprint density at radius 2 is 2.50 bits per heavy atom. The molecule has 1 aromatic rings. The van der Waals surface area contributed by atoms with Gasteiger partial charge in [-0.2, -0.15) is 0 Å². The smallest absolute Gasteiger partial charge is 0.331 e. The van der Waals surface area contributed by atoms with Crippen LogP contribution in [0.25, 0.3) is 0 Å². The van der Waals surface area contributed by atoms with Crippen molar-refractivity contribution in [1.29, 1.82) is 0 Å². The van der Waals surface area contributed by atoms with Crippen molar-refractivity contribution < 1.29 is 14.3 Å². The SMILES string of the molecule is COC(=O)COC1(c2cccnc2Br)CC2CNC1C2. The van der Waals surface area contributed by atoms with Gasteiger partial charge in [0, 0.05) is 17.8 Å². The number of nitrogens with zero attached hydrogens (tertiary/aromatic N) is 1. The lowest BCUT2D eigenvalue weighted by atomic mass is 9.87. The van der Waals surface area contributed by atoms with Gasteiger partial charge >= 0.3 is 5.97 Å². The number of nitrogens with one attached hydrogen (secondary N) is 1. The standard InChI is InChI=1S/C14H17BrN2O3/c1-19-12(18)8-20-14(6-9-5-11(14)17-7-9)10-3-2-4-16-13(10)15/h2-4,9,11,17H,5-8H2,1H3. The lowest BCUT2D eigenvalue weighted by Gasteiger charge is -2.38. The Morgan fingerprint density at radius 3 is 3.10 bits per heavy atom. The van der Waals surface area contributed by atoms with E-state index in [1.165, 1.54) is 7.11 Å². The van der Waals surface area contributed by atoms with E-state index in [1.807, 2.05) is 12.1 Å². The van der Waals surface area contributed by atoms with Crippen LogP contribution < -0.4 is 5.32 Å². The predicted molar refractivity (Wildman–Crippen MR) is 76.1 cm³/mol. The van der Waals surface area contributed by atoms with Crippen LogP contribution in [-0.4, -0.2) is 37.3 Å². The number of rotatable bonds is 4. The number of hydrogen-bond acceptors (Lipinski definition) is 5. The predicted octanol–water partition coefficient (Wildman–Crippen LogP) is 1.61. The van der Waals surface area contributed by atoms with Gasteiger partial charge in [-0.15, -0.1) is 0 Å². The van der Waals surface area contributed by atoms with Crippen LogP contribution in [0.3, 0.4) is 0 Å². The first-order valence-electron chi connectivity index (χ1n) is 6.71. The molecule has 2 aliphatic rings. The first kappa shape index (κ1) is 14.0. The van der Waals surface area contributed by atoms with Gasteiger partial charge in [-0.3, -0.25) is 0 Å². The number of carbonyl (C=O) groups is 1. The fourth-order valence-corrected chi connectivity index (χ4v) is 3.96. The Balaban J connectivity index is 1.92. The minimum Gasteiger partial charge on any atom is -0.467 e. The van der Waals surface area contributed by atoms with Crippen molar-refractivity contribution in [1.82, 2.24) is 10.3 Å². The summed E-state index contributed by atoms with van der Waals surface area (Å²) in [6.07, 6.45) is 3.72. The summed E-state index contributed by atoms with van der Waals surface area (Å²) in [6.45, 7) is 0.981. The summed E-state index contributed by atoms with van der Waals surface area (Å²) in [5.74, 6) is 0.233. The van der Waals surface area contributed by atoms with Crippen LogP contribution in [0, 0.1) is 5.92 Å². The Labute approximate surface area is 126 Å². The van der Waals surface area contributed by atoms with E-state index in [-0.39, 0.29) is 18.6 Å². The van der Waals surface area contributed by atoms with Gasteiger partial charge in [-0.25, -0.2) is 9.78 Å². The second-order valence-electron chi connectivity index (χ2n) is 5.36. The molecular weight excluding hydrogens is 324 g/mol. The molecule has 1 saturated heterocycles. The Hall–Kier alpha value is -0.980. The zero-order valence-electron chi connectivity index (χ0n) is 11.3. The molecule has 0 aromatic carbocycles. The molecule has 3 rings (SSSR count). The average Bonchev–Trinajstić information content (AvgIpc) is 3.06. The van der Waals surface area contributed by atoms with Crippen LogP contribution in [-0.2, 0) is 19.9 Å². The van der Waals surface area contributed by atoms with Crippen LogP contribution in [0.2, 0.25) is 0 Å². The second-order valence-corrected chi connectivity index (χ2v) is 6.11. The molecule has 0 spiro atoms. The molecule has 108 valence electrons. The molecule has 1 saturated carbocycles. The Kier molecular flexibility index (Phi) is 3.79. The molecule has 3 atom stereocenters. The zero-order valence-corrected chi connectivity index (χ0v) is 12.9. The number of fused-ring (bicyclic) bond motifs is 2. The van der Waals surface area contributed by atoms with Gasteiger partial charge < -0.3 is 14.8 Å². The van der Waals surface area contributed by atoms with Crippen LogP contribution in [0.5, 0.6) is 0 Å². The van der Waals surface area contributed by atoms with Gasteiger partial charge in [-0.05, 0) is 47.3 Å². The normalized spacial score (nSPS) is 31.5. The number of esters is 1. The van der Waals surface area contributed by atoms with Crippen LogP contribution in [0.4, 0.5) is 0 Å². The Morgan fingerprint density at radius 1 is 1.65 bits per heavy atom. The van der Waals surface area contributed by atoms with E-state index in [0.29, 0.717) is 5.92 Å². The minimum absolute atomic E-state index is 0.0390. The molecule has 2 heterocycles. The van der Waals surface area contributed by atoms with Crippen LogP contribution in [0.1, 0.15) is 18.4 Å². The third kappa shape index (κ3) is 2.25. The van der Waals surface area contributed by atoms with E-state index in [2.05, 4.69) is 31.0 Å². The Bertz CT molecular complexity index is 525. The summed E-state index contributed by atoms with van der Waals surface area (Å²) in [4.78, 5) is 15.7. The number of piperidine rings is 1. The summed E-state index contributed by atoms with van der Waals surface area (Å²) in [7, 11) is 1.37. The molecule has 0 amide bonds. The number of pyridine rings is 1. The van der Waals surface area contributed by atoms with Crippen molar-refractivity contribution in [3.63, 3.8) is 0 Å². The van der Waals surface area contributed by atoms with Crippen molar-refractivity contribution in [3.05, 3.63) is 28.5 Å². The van der Waals surface area contributed by atoms with E-state index < -0.39 is 5.60 Å². The molecular formula is C14H17BrN2O3. The molecule has 20 heavy (non-hydrogen) atoms. The van der Waals surface area contributed by atoms with E-state index in [1.54, 1.807) is 6.20 Å². The van der Waals surface area contributed by atoms with Gasteiger partial charge in [0.1, 0.15) is 16.8 Å². The van der Waals surface area contributed by atoms with Gasteiger partial charge in [0.05, 0.1) is 7.11 Å². The maximum absolute atomic E-state index is 11.4. The van der Waals surface area contributed by atoms with Crippen molar-refractivity contribution in [2.24, 2.45) is 5.92 Å². The van der Waals surface area contributed by atoms with E-state index >= 15 is 0 Å². The highest BCUT2D eigenvalue weighted by atomic mass is 79.9. The zero-order chi connectivity index (χ0) is 14.2. The first-order valence-corrected chi connectivity index (χ1v) is 7.50. The monoisotopic (exact) mass is 340 g/mol. The highest BCUT2D eigenvalue weighted by Gasteiger charge is 2.54. The van der Waals surface area contributed by atoms with E-state index in [9.17, 15) is 4.79 Å². The summed E-state index contributed by atoms with van der Waals surface area (Å²) in [5, 5.41) is 3.49. The van der Waals surface area contributed by atoms with Crippen molar-refractivity contribution in [2.75, 3.05) is 20.3 Å². The number of methoxy groups -OCH3 is 1. The fourth-order valence-electron chi connectivity index (χ4n) is 3.37. The highest BCUT2D eigenvalue weighted by molar-refractivity contribution is 9.10. The molecule has 2 bridgehead atoms. The van der Waals surface area contributed by atoms with Gasteiger partial charge in [-0.1, -0.05) is 6.07 Å². The van der Waals surface area contributed by atoms with Gasteiger partial charge in [0.2, 0.25) is 0 Å². The van der Waals surface area contributed by atoms with Crippen molar-refractivity contribution in [3.8, 4) is 0 Å². The number of halogens is 1. The van der Waals surface area contributed by atoms with Crippen LogP contribution >= 0.6 is 15.9 Å². The minimum atomic E-state index is -0.496. The number of carbonyl (C=O) groups excluding carboxylic acids is 1. The lowest BCUT2D eigenvalue weighted by Crippen LogP contribution is -2.49. The molecule has 2 fully saturated rings. The third-order valence-electron chi connectivity index (χ3n) is 4.27. The molecule has 1 aliphatic carbocycles. The average molecular weight is 341 g/mol. The van der Waals surface area contributed by atoms with Crippen LogP contribution in [0.15, 0.2) is 22.9 Å². The fraction of sp³-hybridized carbons (Fsp3) is 0.571. The molecule has 3 unspecified atom stereocenters. The van der Waals surface area contributed by atoms with Gasteiger partial charge in [0.15, 0.2) is 0 Å². The van der Waals surface area contributed by atoms with Crippen molar-refractivity contribution in [2.45, 2.75) is 24.5 Å². The summed E-state index contributed by atoms with van der Waals surface area (Å²) >= 11 is 3.50. The number of hydrogen-bond donors (Lipinski definition) is 1. The molecule has 0 radical (unpaired) electrons. The maximum Gasteiger partial charge on any atom is 0.331 e. The summed E-state index contributed by atoms with van der Waals surface area (Å²) in [6, 6.07) is 4.13. The maximum atomic E-state index is 11.4. The molecule has 6 heteroatoms. The van der Waals surface area contributed by atoms with Gasteiger partial charge in [0.25, 0.3) is 0 Å². The van der Waals surface area contributed by atoms with Crippen molar-refractivity contribution >= 4 is 21.9 Å². The molecule has 1 aromatic heterocycles. The largest absolute Gasteiger partial charge is 0.467 e. The molecule has 1 aliphatic heterocycles. The van der Waals surface area contributed by atoms with E-state index in [4.69, 9.17) is 4.74 Å². The lowest BCUT2D eigenvalue weighted by molar-refractivity contribution is -0.156. The number of ether oxygens (including phenoxy) is 2. The molecule has 1 N–H and O–H groups in total. The third-order valence-corrected chi connectivity index (χ3v) is 4.90. The van der Waals surface area contributed by atoms with E-state index in [0.717, 1.165) is 29.6 Å². The number of aromatic nitrogens is 1.